The number of benzene rings is 2. The molecule has 0 atom stereocenters. The number of sulfonamides is 1. The van der Waals surface area contributed by atoms with E-state index in [0.29, 0.717) is 23.8 Å². The van der Waals surface area contributed by atoms with E-state index in [4.69, 9.17) is 4.74 Å². The third-order valence-corrected chi connectivity index (χ3v) is 8.10. The SMILES string of the molecule is Cc1cc(S(=O)(=O)N2CCCc3ccccc32)ccc1OCC(=O)N1CCC(C)CC1. The summed E-state index contributed by atoms with van der Waals surface area (Å²) in [5, 5.41) is 0. The second-order valence-corrected chi connectivity index (χ2v) is 10.5. The summed E-state index contributed by atoms with van der Waals surface area (Å²) in [6.07, 6.45) is 3.74. The van der Waals surface area contributed by atoms with Gasteiger partial charge in [-0.15, -0.1) is 0 Å². The van der Waals surface area contributed by atoms with Gasteiger partial charge in [-0.25, -0.2) is 8.42 Å². The summed E-state index contributed by atoms with van der Waals surface area (Å²) in [6, 6.07) is 12.5. The average molecular weight is 443 g/mol. The number of carbonyl (C=O) groups is 1. The number of amides is 1. The lowest BCUT2D eigenvalue weighted by atomic mass is 9.99. The molecule has 0 unspecified atom stereocenters. The highest BCUT2D eigenvalue weighted by molar-refractivity contribution is 7.92. The van der Waals surface area contributed by atoms with Gasteiger partial charge in [0.15, 0.2) is 6.61 Å². The van der Waals surface area contributed by atoms with Crippen molar-refractivity contribution in [2.75, 3.05) is 30.5 Å². The fourth-order valence-electron chi connectivity index (χ4n) is 4.31. The van der Waals surface area contributed by atoms with E-state index in [1.165, 1.54) is 4.31 Å². The van der Waals surface area contributed by atoms with Crippen LogP contribution in [0, 0.1) is 12.8 Å². The molecule has 2 aromatic rings. The van der Waals surface area contributed by atoms with Gasteiger partial charge < -0.3 is 9.64 Å². The molecular weight excluding hydrogens is 412 g/mol. The van der Waals surface area contributed by atoms with E-state index in [2.05, 4.69) is 6.92 Å². The Balaban J connectivity index is 1.47. The molecule has 0 radical (unpaired) electrons. The summed E-state index contributed by atoms with van der Waals surface area (Å²) < 4.78 is 33.9. The van der Waals surface area contributed by atoms with E-state index >= 15 is 0 Å². The summed E-state index contributed by atoms with van der Waals surface area (Å²) >= 11 is 0. The van der Waals surface area contributed by atoms with Gasteiger partial charge in [0.25, 0.3) is 15.9 Å². The van der Waals surface area contributed by atoms with Crippen LogP contribution in [0.5, 0.6) is 5.75 Å². The molecule has 0 bridgehead atoms. The van der Waals surface area contributed by atoms with Crippen LogP contribution in [0.4, 0.5) is 5.69 Å². The number of likely N-dealkylation sites (tertiary alicyclic amines) is 1. The van der Waals surface area contributed by atoms with E-state index < -0.39 is 10.0 Å². The fraction of sp³-hybridized carbons (Fsp3) is 0.458. The van der Waals surface area contributed by atoms with Crippen molar-refractivity contribution in [1.29, 1.82) is 0 Å². The number of anilines is 1. The molecule has 0 N–H and O–H groups in total. The van der Waals surface area contributed by atoms with Crippen molar-refractivity contribution in [1.82, 2.24) is 4.90 Å². The average Bonchev–Trinajstić information content (AvgIpc) is 2.78. The Morgan fingerprint density at radius 2 is 1.84 bits per heavy atom. The lowest BCUT2D eigenvalue weighted by molar-refractivity contribution is -0.134. The first-order valence-corrected chi connectivity index (χ1v) is 12.4. The quantitative estimate of drug-likeness (QED) is 0.707. The van der Waals surface area contributed by atoms with Gasteiger partial charge >= 0.3 is 0 Å². The second-order valence-electron chi connectivity index (χ2n) is 8.59. The topological polar surface area (TPSA) is 66.9 Å². The number of para-hydroxylation sites is 1. The van der Waals surface area contributed by atoms with Gasteiger partial charge in [0.2, 0.25) is 0 Å². The van der Waals surface area contributed by atoms with Crippen LogP contribution in [0.25, 0.3) is 0 Å². The summed E-state index contributed by atoms with van der Waals surface area (Å²) in [7, 11) is -3.67. The molecule has 1 amide bonds. The molecule has 0 aliphatic carbocycles. The van der Waals surface area contributed by atoms with Gasteiger partial charge in [-0.3, -0.25) is 9.10 Å². The van der Waals surface area contributed by atoms with Crippen molar-refractivity contribution >= 4 is 21.6 Å². The number of hydrogen-bond acceptors (Lipinski definition) is 4. The number of fused-ring (bicyclic) bond motifs is 1. The van der Waals surface area contributed by atoms with E-state index in [-0.39, 0.29) is 17.4 Å². The number of piperidine rings is 1. The minimum absolute atomic E-state index is 0.0204. The maximum absolute atomic E-state index is 13.3. The largest absolute Gasteiger partial charge is 0.483 e. The number of rotatable bonds is 5. The van der Waals surface area contributed by atoms with Crippen LogP contribution in [-0.4, -0.2) is 45.5 Å². The highest BCUT2D eigenvalue weighted by atomic mass is 32.2. The van der Waals surface area contributed by atoms with Gasteiger partial charge in [-0.1, -0.05) is 25.1 Å². The van der Waals surface area contributed by atoms with Crippen LogP contribution < -0.4 is 9.04 Å². The van der Waals surface area contributed by atoms with E-state index in [9.17, 15) is 13.2 Å². The Labute approximate surface area is 184 Å². The Bertz CT molecular complexity index is 1060. The smallest absolute Gasteiger partial charge is 0.264 e. The Morgan fingerprint density at radius 3 is 2.58 bits per heavy atom. The van der Waals surface area contributed by atoms with Crippen LogP contribution in [0.1, 0.15) is 37.3 Å². The molecular formula is C24H30N2O4S. The van der Waals surface area contributed by atoms with E-state index in [0.717, 1.165) is 50.0 Å². The summed E-state index contributed by atoms with van der Waals surface area (Å²) in [5.74, 6) is 1.18. The molecule has 4 rings (SSSR count). The highest BCUT2D eigenvalue weighted by Crippen LogP contribution is 2.33. The van der Waals surface area contributed by atoms with Crippen LogP contribution >= 0.6 is 0 Å². The number of hydrogen-bond donors (Lipinski definition) is 0. The predicted octanol–water partition coefficient (Wildman–Crippen LogP) is 3.77. The van der Waals surface area contributed by atoms with Crippen molar-refractivity contribution in [3.05, 3.63) is 53.6 Å². The van der Waals surface area contributed by atoms with Crippen LogP contribution in [0.2, 0.25) is 0 Å². The van der Waals surface area contributed by atoms with Crippen molar-refractivity contribution in [2.24, 2.45) is 5.92 Å². The molecule has 31 heavy (non-hydrogen) atoms. The number of carbonyl (C=O) groups excluding carboxylic acids is 1. The van der Waals surface area contributed by atoms with Crippen LogP contribution in [0.3, 0.4) is 0 Å². The fourth-order valence-corrected chi connectivity index (χ4v) is 5.94. The maximum Gasteiger partial charge on any atom is 0.264 e. The molecule has 166 valence electrons. The molecule has 1 saturated heterocycles. The van der Waals surface area contributed by atoms with Gasteiger partial charge in [-0.2, -0.15) is 0 Å². The zero-order chi connectivity index (χ0) is 22.0. The zero-order valence-electron chi connectivity index (χ0n) is 18.2. The monoisotopic (exact) mass is 442 g/mol. The van der Waals surface area contributed by atoms with Gasteiger partial charge in [0.1, 0.15) is 5.75 Å². The third kappa shape index (κ3) is 4.56. The Kier molecular flexibility index (Phi) is 6.23. The maximum atomic E-state index is 13.3. The molecule has 0 spiro atoms. The standard InChI is InChI=1S/C24H30N2O4S/c1-18-11-14-25(15-12-18)24(27)17-30-23-10-9-21(16-19(23)2)31(28,29)26-13-5-7-20-6-3-4-8-22(20)26/h3-4,6,8-10,16,18H,5,7,11-15,17H2,1-2H3. The highest BCUT2D eigenvalue weighted by Gasteiger charge is 2.29. The minimum atomic E-state index is -3.67. The lowest BCUT2D eigenvalue weighted by Crippen LogP contribution is -2.40. The van der Waals surface area contributed by atoms with Crippen molar-refractivity contribution in [2.45, 2.75) is 44.4 Å². The number of ether oxygens (including phenoxy) is 1. The van der Waals surface area contributed by atoms with Crippen LogP contribution in [0.15, 0.2) is 47.4 Å². The third-order valence-electron chi connectivity index (χ3n) is 6.29. The summed E-state index contributed by atoms with van der Waals surface area (Å²) in [5.41, 5.74) is 2.51. The normalized spacial score (nSPS) is 17.4. The first-order valence-electron chi connectivity index (χ1n) is 11.0. The molecule has 0 saturated carbocycles. The summed E-state index contributed by atoms with van der Waals surface area (Å²) in [4.78, 5) is 14.5. The van der Waals surface area contributed by atoms with Gasteiger partial charge in [-0.05, 0) is 73.9 Å². The first kappa shape index (κ1) is 21.7. The molecule has 7 heteroatoms. The lowest BCUT2D eigenvalue weighted by Gasteiger charge is -2.31. The molecule has 2 aliphatic heterocycles. The van der Waals surface area contributed by atoms with Gasteiger partial charge in [0, 0.05) is 19.6 Å². The molecule has 0 aromatic heterocycles. The van der Waals surface area contributed by atoms with Crippen LogP contribution in [-0.2, 0) is 21.2 Å². The van der Waals surface area contributed by atoms with E-state index in [1.807, 2.05) is 36.1 Å². The second kappa shape index (κ2) is 8.91. The van der Waals surface area contributed by atoms with Crippen molar-refractivity contribution in [3.8, 4) is 5.75 Å². The number of aryl methyl sites for hydroxylation is 2. The summed E-state index contributed by atoms with van der Waals surface area (Å²) in [6.45, 7) is 6.01. The molecule has 2 aromatic carbocycles. The first-order chi connectivity index (χ1) is 14.9. The zero-order valence-corrected chi connectivity index (χ0v) is 19.0. The van der Waals surface area contributed by atoms with Crippen molar-refractivity contribution < 1.29 is 17.9 Å². The molecule has 1 fully saturated rings. The van der Waals surface area contributed by atoms with E-state index in [1.54, 1.807) is 18.2 Å². The predicted molar refractivity (Wildman–Crippen MR) is 121 cm³/mol. The van der Waals surface area contributed by atoms with Crippen molar-refractivity contribution in [3.63, 3.8) is 0 Å². The number of nitrogens with zero attached hydrogens (tertiary/aromatic N) is 2. The minimum Gasteiger partial charge on any atom is -0.483 e. The Morgan fingerprint density at radius 1 is 1.10 bits per heavy atom. The van der Waals surface area contributed by atoms with Gasteiger partial charge in [0.05, 0.1) is 10.6 Å². The molecule has 2 heterocycles. The molecule has 6 nitrogen and oxygen atoms in total. The molecule has 2 aliphatic rings. The Hall–Kier alpha value is -2.54.